The summed E-state index contributed by atoms with van der Waals surface area (Å²) in [6, 6.07) is 6.37. The molecule has 0 saturated heterocycles. The lowest BCUT2D eigenvalue weighted by Crippen LogP contribution is -2.09. The first-order valence-corrected chi connectivity index (χ1v) is 5.61. The number of hydrogen-bond acceptors (Lipinski definition) is 1. The van der Waals surface area contributed by atoms with E-state index in [2.05, 4.69) is 18.2 Å². The Kier molecular flexibility index (Phi) is 2.87. The van der Waals surface area contributed by atoms with E-state index in [1.807, 2.05) is 6.92 Å². The first-order valence-electron chi connectivity index (χ1n) is 5.61. The average molecular weight is 190 g/mol. The highest BCUT2D eigenvalue weighted by atomic mass is 16.3. The van der Waals surface area contributed by atoms with Crippen LogP contribution in [-0.4, -0.2) is 5.11 Å². The van der Waals surface area contributed by atoms with Crippen molar-refractivity contribution in [1.29, 1.82) is 0 Å². The summed E-state index contributed by atoms with van der Waals surface area (Å²) in [6.45, 7) is 2.03. The van der Waals surface area contributed by atoms with Crippen molar-refractivity contribution < 1.29 is 5.11 Å². The van der Waals surface area contributed by atoms with Crippen LogP contribution in [0.15, 0.2) is 18.2 Å². The quantitative estimate of drug-likeness (QED) is 0.760. The van der Waals surface area contributed by atoms with Crippen LogP contribution >= 0.6 is 0 Å². The summed E-state index contributed by atoms with van der Waals surface area (Å²) in [5.41, 5.74) is 4.05. The lowest BCUT2D eigenvalue weighted by Gasteiger charge is -2.21. The fourth-order valence-corrected chi connectivity index (χ4v) is 2.34. The Morgan fingerprint density at radius 2 is 2.07 bits per heavy atom. The normalized spacial score (nSPS) is 17.6. The summed E-state index contributed by atoms with van der Waals surface area (Å²) in [5.74, 6) is 0. The molecule has 2 rings (SSSR count). The van der Waals surface area contributed by atoms with Gasteiger partial charge in [0, 0.05) is 0 Å². The molecule has 1 atom stereocenters. The SMILES string of the molecule is CCC(O)c1cccc2c1CCCC2. The highest BCUT2D eigenvalue weighted by molar-refractivity contribution is 5.38. The van der Waals surface area contributed by atoms with Crippen LogP contribution in [0.3, 0.4) is 0 Å². The molecule has 1 aromatic carbocycles. The Hall–Kier alpha value is -0.820. The highest BCUT2D eigenvalue weighted by Gasteiger charge is 2.16. The fraction of sp³-hybridized carbons (Fsp3) is 0.538. The van der Waals surface area contributed by atoms with Gasteiger partial charge in [0.2, 0.25) is 0 Å². The maximum absolute atomic E-state index is 9.89. The van der Waals surface area contributed by atoms with E-state index in [0.29, 0.717) is 0 Å². The number of benzene rings is 1. The van der Waals surface area contributed by atoms with Gasteiger partial charge in [0.05, 0.1) is 6.10 Å². The Morgan fingerprint density at radius 1 is 1.29 bits per heavy atom. The molecular formula is C13H18O. The van der Waals surface area contributed by atoms with Gasteiger partial charge in [-0.2, -0.15) is 0 Å². The van der Waals surface area contributed by atoms with Gasteiger partial charge in [-0.05, 0) is 48.8 Å². The van der Waals surface area contributed by atoms with Crippen LogP contribution in [0, 0.1) is 0 Å². The van der Waals surface area contributed by atoms with Gasteiger partial charge in [0.25, 0.3) is 0 Å². The zero-order valence-corrected chi connectivity index (χ0v) is 8.79. The lowest BCUT2D eigenvalue weighted by molar-refractivity contribution is 0.172. The van der Waals surface area contributed by atoms with E-state index in [4.69, 9.17) is 0 Å². The van der Waals surface area contributed by atoms with Crippen LogP contribution in [0.2, 0.25) is 0 Å². The smallest absolute Gasteiger partial charge is 0.0790 e. The third kappa shape index (κ3) is 1.69. The van der Waals surface area contributed by atoms with Gasteiger partial charge in [-0.15, -0.1) is 0 Å². The van der Waals surface area contributed by atoms with Crippen molar-refractivity contribution in [3.05, 3.63) is 34.9 Å². The van der Waals surface area contributed by atoms with E-state index in [-0.39, 0.29) is 6.10 Å². The molecule has 1 heteroatoms. The molecule has 0 spiro atoms. The summed E-state index contributed by atoms with van der Waals surface area (Å²) in [6.07, 6.45) is 5.49. The number of aryl methyl sites for hydroxylation is 1. The van der Waals surface area contributed by atoms with E-state index >= 15 is 0 Å². The Bertz CT molecular complexity index is 317. The van der Waals surface area contributed by atoms with Gasteiger partial charge in [-0.3, -0.25) is 0 Å². The minimum absolute atomic E-state index is 0.261. The van der Waals surface area contributed by atoms with Gasteiger partial charge in [-0.1, -0.05) is 25.1 Å². The number of aliphatic hydroxyl groups excluding tert-OH is 1. The second kappa shape index (κ2) is 4.14. The maximum Gasteiger partial charge on any atom is 0.0790 e. The van der Waals surface area contributed by atoms with E-state index in [1.54, 1.807) is 0 Å². The molecule has 76 valence electrons. The maximum atomic E-state index is 9.89. The van der Waals surface area contributed by atoms with Crippen molar-refractivity contribution in [2.75, 3.05) is 0 Å². The van der Waals surface area contributed by atoms with Crippen LogP contribution in [0.4, 0.5) is 0 Å². The first kappa shape index (κ1) is 9.72. The van der Waals surface area contributed by atoms with Crippen molar-refractivity contribution >= 4 is 0 Å². The topological polar surface area (TPSA) is 20.2 Å². The zero-order valence-electron chi connectivity index (χ0n) is 8.79. The largest absolute Gasteiger partial charge is 0.388 e. The number of rotatable bonds is 2. The summed E-state index contributed by atoms with van der Waals surface area (Å²) in [4.78, 5) is 0. The Morgan fingerprint density at radius 3 is 2.86 bits per heavy atom. The standard InChI is InChI=1S/C13H18O/c1-2-13(14)12-9-5-7-10-6-3-4-8-11(10)12/h5,7,9,13-14H,2-4,6,8H2,1H3. The summed E-state index contributed by atoms with van der Waals surface area (Å²) >= 11 is 0. The van der Waals surface area contributed by atoms with Crippen LogP contribution in [0.1, 0.15) is 49.0 Å². The van der Waals surface area contributed by atoms with Gasteiger partial charge in [0.15, 0.2) is 0 Å². The number of fused-ring (bicyclic) bond motifs is 1. The molecule has 1 aliphatic carbocycles. The predicted octanol–water partition coefficient (Wildman–Crippen LogP) is 3.01. The molecule has 1 aromatic rings. The molecule has 0 heterocycles. The molecule has 0 fully saturated rings. The van der Waals surface area contributed by atoms with Gasteiger partial charge < -0.3 is 5.11 Å². The summed E-state index contributed by atoms with van der Waals surface area (Å²) in [7, 11) is 0. The van der Waals surface area contributed by atoms with Crippen LogP contribution < -0.4 is 0 Å². The van der Waals surface area contributed by atoms with Crippen molar-refractivity contribution in [2.24, 2.45) is 0 Å². The molecule has 14 heavy (non-hydrogen) atoms. The van der Waals surface area contributed by atoms with Crippen molar-refractivity contribution in [1.82, 2.24) is 0 Å². The molecular weight excluding hydrogens is 172 g/mol. The molecule has 0 radical (unpaired) electrons. The van der Waals surface area contributed by atoms with Crippen LogP contribution in [0.25, 0.3) is 0 Å². The van der Waals surface area contributed by atoms with Gasteiger partial charge in [-0.25, -0.2) is 0 Å². The second-order valence-electron chi connectivity index (χ2n) is 4.12. The monoisotopic (exact) mass is 190 g/mol. The van der Waals surface area contributed by atoms with Crippen LogP contribution in [-0.2, 0) is 12.8 Å². The van der Waals surface area contributed by atoms with E-state index < -0.39 is 0 Å². The number of hydrogen-bond donors (Lipinski definition) is 1. The van der Waals surface area contributed by atoms with E-state index in [1.165, 1.54) is 36.0 Å². The van der Waals surface area contributed by atoms with E-state index in [9.17, 15) is 5.11 Å². The fourth-order valence-electron chi connectivity index (χ4n) is 2.34. The van der Waals surface area contributed by atoms with Crippen molar-refractivity contribution in [3.8, 4) is 0 Å². The second-order valence-corrected chi connectivity index (χ2v) is 4.12. The molecule has 0 aliphatic heterocycles. The molecule has 1 aliphatic rings. The Balaban J connectivity index is 2.39. The van der Waals surface area contributed by atoms with E-state index in [0.717, 1.165) is 12.8 Å². The third-order valence-electron chi connectivity index (χ3n) is 3.18. The number of aliphatic hydroxyl groups is 1. The third-order valence-corrected chi connectivity index (χ3v) is 3.18. The van der Waals surface area contributed by atoms with Crippen LogP contribution in [0.5, 0.6) is 0 Å². The lowest BCUT2D eigenvalue weighted by atomic mass is 9.86. The molecule has 1 N–H and O–H groups in total. The zero-order chi connectivity index (χ0) is 9.97. The average Bonchev–Trinajstić information content (AvgIpc) is 2.27. The first-order chi connectivity index (χ1) is 6.83. The minimum Gasteiger partial charge on any atom is -0.388 e. The molecule has 0 aromatic heterocycles. The molecule has 1 unspecified atom stereocenters. The molecule has 0 amide bonds. The highest BCUT2D eigenvalue weighted by Crippen LogP contribution is 2.29. The molecule has 0 bridgehead atoms. The van der Waals surface area contributed by atoms with Crippen molar-refractivity contribution in [2.45, 2.75) is 45.1 Å². The predicted molar refractivity (Wildman–Crippen MR) is 58.3 cm³/mol. The Labute approximate surface area is 85.8 Å². The minimum atomic E-state index is -0.261. The summed E-state index contributed by atoms with van der Waals surface area (Å²) < 4.78 is 0. The van der Waals surface area contributed by atoms with Gasteiger partial charge in [0.1, 0.15) is 0 Å². The van der Waals surface area contributed by atoms with Gasteiger partial charge >= 0.3 is 0 Å². The van der Waals surface area contributed by atoms with Crippen molar-refractivity contribution in [3.63, 3.8) is 0 Å². The summed E-state index contributed by atoms with van der Waals surface area (Å²) in [5, 5.41) is 9.89. The molecule has 1 nitrogen and oxygen atoms in total. The molecule has 0 saturated carbocycles.